The van der Waals surface area contributed by atoms with Gasteiger partial charge in [-0.05, 0) is 31.6 Å². The van der Waals surface area contributed by atoms with Crippen molar-refractivity contribution >= 4 is 27.5 Å². The van der Waals surface area contributed by atoms with Crippen LogP contribution >= 0.6 is 0 Å². The lowest BCUT2D eigenvalue weighted by atomic mass is 10.0. The predicted molar refractivity (Wildman–Crippen MR) is 95.9 cm³/mol. The number of sulfonamides is 1. The number of H-pyrrole nitrogens is 1. The summed E-state index contributed by atoms with van der Waals surface area (Å²) in [6, 6.07) is 1.84. The van der Waals surface area contributed by atoms with Crippen LogP contribution in [0.2, 0.25) is 0 Å². The molecular formula is C16H22N6O4S. The van der Waals surface area contributed by atoms with E-state index in [1.165, 1.54) is 16.8 Å². The van der Waals surface area contributed by atoms with Gasteiger partial charge in [-0.1, -0.05) is 0 Å². The van der Waals surface area contributed by atoms with E-state index in [0.29, 0.717) is 25.9 Å². The maximum absolute atomic E-state index is 12.5. The van der Waals surface area contributed by atoms with Gasteiger partial charge in [0.25, 0.3) is 5.91 Å². The highest BCUT2D eigenvalue weighted by Gasteiger charge is 2.37. The third-order valence-corrected chi connectivity index (χ3v) is 6.20. The zero-order valence-electron chi connectivity index (χ0n) is 14.9. The molecule has 10 nitrogen and oxygen atoms in total. The second-order valence-electron chi connectivity index (χ2n) is 7.00. The Bertz CT molecular complexity index is 862. The summed E-state index contributed by atoms with van der Waals surface area (Å²) in [4.78, 5) is 24.8. The van der Waals surface area contributed by atoms with Gasteiger partial charge in [0.05, 0.1) is 24.2 Å². The van der Waals surface area contributed by atoms with Crippen LogP contribution in [0.4, 0.5) is 5.69 Å². The average molecular weight is 394 g/mol. The van der Waals surface area contributed by atoms with Crippen LogP contribution in [0.3, 0.4) is 0 Å². The van der Waals surface area contributed by atoms with E-state index in [0.717, 1.165) is 12.8 Å². The Kier molecular flexibility index (Phi) is 5.48. The van der Waals surface area contributed by atoms with Crippen molar-refractivity contribution in [2.45, 2.75) is 31.7 Å². The number of nitrogens with zero attached hydrogens (tertiary/aromatic N) is 3. The van der Waals surface area contributed by atoms with E-state index in [2.05, 4.69) is 20.8 Å². The molecule has 3 rings (SSSR count). The molecule has 1 aromatic heterocycles. The first kappa shape index (κ1) is 19.3. The number of aromatic amines is 1. The van der Waals surface area contributed by atoms with Gasteiger partial charge < -0.3 is 10.6 Å². The van der Waals surface area contributed by atoms with Gasteiger partial charge in [0, 0.05) is 19.1 Å². The van der Waals surface area contributed by atoms with Crippen molar-refractivity contribution in [3.05, 3.63) is 11.9 Å². The fourth-order valence-corrected chi connectivity index (χ4v) is 4.04. The summed E-state index contributed by atoms with van der Waals surface area (Å²) in [6.45, 7) is 0.698. The van der Waals surface area contributed by atoms with Crippen molar-refractivity contribution in [1.82, 2.24) is 19.8 Å². The van der Waals surface area contributed by atoms with Crippen LogP contribution in [0.1, 0.15) is 36.2 Å². The predicted octanol–water partition coefficient (Wildman–Crippen LogP) is 0.0518. The largest absolute Gasteiger partial charge is 0.348 e. The standard InChI is InChI=1S/C16H22N6O4S/c1-27(25,26)22-6-4-11(5-7-22)19-16(24)14-13(9-18-21-14)20-15(23)12(8-17)10-2-3-10/h9-12H,2-7H2,1H3,(H,18,21)(H,19,24)(H,20,23). The molecule has 1 aliphatic heterocycles. The maximum Gasteiger partial charge on any atom is 0.271 e. The second-order valence-corrected chi connectivity index (χ2v) is 8.98. The fourth-order valence-electron chi connectivity index (χ4n) is 3.16. The van der Waals surface area contributed by atoms with Gasteiger partial charge in [-0.25, -0.2) is 12.7 Å². The van der Waals surface area contributed by atoms with Gasteiger partial charge in [-0.3, -0.25) is 14.7 Å². The Hall–Kier alpha value is -2.45. The zero-order chi connectivity index (χ0) is 19.6. The van der Waals surface area contributed by atoms with Crippen LogP contribution in [0.15, 0.2) is 6.20 Å². The van der Waals surface area contributed by atoms with Crippen molar-refractivity contribution < 1.29 is 18.0 Å². The number of aromatic nitrogens is 2. The highest BCUT2D eigenvalue weighted by Crippen LogP contribution is 2.37. The van der Waals surface area contributed by atoms with Crippen molar-refractivity contribution in [1.29, 1.82) is 5.26 Å². The zero-order valence-corrected chi connectivity index (χ0v) is 15.8. The van der Waals surface area contributed by atoms with Crippen molar-refractivity contribution in [3.8, 4) is 6.07 Å². The lowest BCUT2D eigenvalue weighted by Crippen LogP contribution is -2.46. The summed E-state index contributed by atoms with van der Waals surface area (Å²) in [7, 11) is -3.22. The van der Waals surface area contributed by atoms with Crippen LogP contribution in [0, 0.1) is 23.2 Å². The summed E-state index contributed by atoms with van der Waals surface area (Å²) >= 11 is 0. The minimum Gasteiger partial charge on any atom is -0.348 e. The van der Waals surface area contributed by atoms with Crippen LogP contribution in [-0.4, -0.2) is 60.1 Å². The molecule has 11 heteroatoms. The average Bonchev–Trinajstić information content (AvgIpc) is 3.33. The fraction of sp³-hybridized carbons (Fsp3) is 0.625. The molecule has 0 radical (unpaired) electrons. The number of amides is 2. The SMILES string of the molecule is CS(=O)(=O)N1CCC(NC(=O)c2[nH]ncc2NC(=O)C(C#N)C2CC2)CC1. The monoisotopic (exact) mass is 394 g/mol. The van der Waals surface area contributed by atoms with E-state index < -0.39 is 27.8 Å². The first-order chi connectivity index (χ1) is 12.8. The minimum absolute atomic E-state index is 0.0826. The minimum atomic E-state index is -3.22. The highest BCUT2D eigenvalue weighted by molar-refractivity contribution is 7.88. The number of carbonyl (C=O) groups excluding carboxylic acids is 2. The molecule has 2 heterocycles. The molecular weight excluding hydrogens is 372 g/mol. The quantitative estimate of drug-likeness (QED) is 0.621. The second kappa shape index (κ2) is 7.66. The van der Waals surface area contributed by atoms with Gasteiger partial charge in [0.15, 0.2) is 0 Å². The number of nitrogens with one attached hydrogen (secondary N) is 3. The van der Waals surface area contributed by atoms with E-state index in [1.54, 1.807) is 0 Å². The molecule has 27 heavy (non-hydrogen) atoms. The summed E-state index contributed by atoms with van der Waals surface area (Å²) in [5.74, 6) is -1.51. The van der Waals surface area contributed by atoms with Gasteiger partial charge in [0.1, 0.15) is 11.6 Å². The Morgan fingerprint density at radius 1 is 1.33 bits per heavy atom. The first-order valence-electron chi connectivity index (χ1n) is 8.79. The third kappa shape index (κ3) is 4.64. The summed E-state index contributed by atoms with van der Waals surface area (Å²) in [5, 5.41) is 21.0. The van der Waals surface area contributed by atoms with Crippen LogP contribution in [0.5, 0.6) is 0 Å². The molecule has 1 atom stereocenters. The number of rotatable bonds is 6. The van der Waals surface area contributed by atoms with E-state index in [1.807, 2.05) is 6.07 Å². The molecule has 0 spiro atoms. The molecule has 1 aliphatic carbocycles. The Labute approximate surface area is 157 Å². The molecule has 1 aromatic rings. The lowest BCUT2D eigenvalue weighted by Gasteiger charge is -2.30. The van der Waals surface area contributed by atoms with Gasteiger partial charge in [-0.15, -0.1) is 0 Å². The van der Waals surface area contributed by atoms with E-state index >= 15 is 0 Å². The van der Waals surface area contributed by atoms with Crippen molar-refractivity contribution in [2.24, 2.45) is 11.8 Å². The van der Waals surface area contributed by atoms with E-state index in [9.17, 15) is 18.0 Å². The van der Waals surface area contributed by atoms with Crippen LogP contribution < -0.4 is 10.6 Å². The molecule has 0 bridgehead atoms. The number of hydrogen-bond donors (Lipinski definition) is 3. The number of hydrogen-bond acceptors (Lipinski definition) is 6. The highest BCUT2D eigenvalue weighted by atomic mass is 32.2. The Balaban J connectivity index is 1.58. The Morgan fingerprint density at radius 2 is 2.00 bits per heavy atom. The van der Waals surface area contributed by atoms with Gasteiger partial charge in [-0.2, -0.15) is 10.4 Å². The molecule has 2 amide bonds. The van der Waals surface area contributed by atoms with Gasteiger partial charge >= 0.3 is 0 Å². The molecule has 146 valence electrons. The molecule has 2 fully saturated rings. The van der Waals surface area contributed by atoms with Crippen molar-refractivity contribution in [2.75, 3.05) is 24.7 Å². The topological polar surface area (TPSA) is 148 Å². The van der Waals surface area contributed by atoms with E-state index in [-0.39, 0.29) is 23.3 Å². The smallest absolute Gasteiger partial charge is 0.271 e. The first-order valence-corrected chi connectivity index (χ1v) is 10.6. The summed E-state index contributed by atoms with van der Waals surface area (Å²) < 4.78 is 24.5. The van der Waals surface area contributed by atoms with Crippen LogP contribution in [-0.2, 0) is 14.8 Å². The molecule has 1 unspecified atom stereocenters. The number of anilines is 1. The Morgan fingerprint density at radius 3 is 2.56 bits per heavy atom. The normalized spacial score (nSPS) is 19.9. The molecule has 1 saturated carbocycles. The molecule has 0 aromatic carbocycles. The number of carbonyl (C=O) groups is 2. The number of nitriles is 1. The number of piperidine rings is 1. The van der Waals surface area contributed by atoms with Crippen molar-refractivity contribution in [3.63, 3.8) is 0 Å². The molecule has 3 N–H and O–H groups in total. The van der Waals surface area contributed by atoms with E-state index in [4.69, 9.17) is 5.26 Å². The van der Waals surface area contributed by atoms with Gasteiger partial charge in [0.2, 0.25) is 15.9 Å². The van der Waals surface area contributed by atoms with Crippen LogP contribution in [0.25, 0.3) is 0 Å². The molecule has 2 aliphatic rings. The lowest BCUT2D eigenvalue weighted by molar-refractivity contribution is -0.118. The summed E-state index contributed by atoms with van der Waals surface area (Å²) in [5.41, 5.74) is 0.341. The molecule has 1 saturated heterocycles. The maximum atomic E-state index is 12.5. The summed E-state index contributed by atoms with van der Waals surface area (Å²) in [6.07, 6.45) is 5.23. The third-order valence-electron chi connectivity index (χ3n) is 4.90.